The van der Waals surface area contributed by atoms with Crippen LogP contribution in [0.15, 0.2) is 0 Å². The molecule has 0 amide bonds. The Morgan fingerprint density at radius 1 is 0.857 bits per heavy atom. The highest BCUT2D eigenvalue weighted by molar-refractivity contribution is 5.04. The maximum absolute atomic E-state index is 3.48. The molecule has 3 heteroatoms. The van der Waals surface area contributed by atoms with Gasteiger partial charge in [0.15, 0.2) is 0 Å². The van der Waals surface area contributed by atoms with E-state index in [9.17, 15) is 0 Å². The SMILES string of the molecule is C1CN(C2CN(CC34CC5CC(CC(C5)C3)C4)C2)CCN1. The summed E-state index contributed by atoms with van der Waals surface area (Å²) in [7, 11) is 0. The van der Waals surface area contributed by atoms with Crippen molar-refractivity contribution in [1.82, 2.24) is 15.1 Å². The van der Waals surface area contributed by atoms with Crippen LogP contribution in [0.4, 0.5) is 0 Å². The predicted octanol–water partition coefficient (Wildman–Crippen LogP) is 1.79. The van der Waals surface area contributed by atoms with E-state index in [0.717, 1.165) is 29.2 Å². The Morgan fingerprint density at radius 3 is 2.00 bits per heavy atom. The Bertz CT molecular complexity index is 360. The number of nitrogens with one attached hydrogen (secondary N) is 1. The van der Waals surface area contributed by atoms with Crippen molar-refractivity contribution in [3.63, 3.8) is 0 Å². The van der Waals surface area contributed by atoms with Gasteiger partial charge in [-0.1, -0.05) is 0 Å². The number of likely N-dealkylation sites (tertiary alicyclic amines) is 1. The smallest absolute Gasteiger partial charge is 0.0351 e. The van der Waals surface area contributed by atoms with Crippen molar-refractivity contribution >= 4 is 0 Å². The second-order valence-corrected chi connectivity index (χ2v) is 9.05. The molecule has 0 aromatic heterocycles. The van der Waals surface area contributed by atoms with E-state index in [2.05, 4.69) is 15.1 Å². The number of hydrogen-bond donors (Lipinski definition) is 1. The fraction of sp³-hybridized carbons (Fsp3) is 1.00. The molecule has 0 atom stereocenters. The first-order chi connectivity index (χ1) is 10.3. The molecule has 2 aliphatic heterocycles. The van der Waals surface area contributed by atoms with Crippen molar-refractivity contribution in [2.75, 3.05) is 45.8 Å². The van der Waals surface area contributed by atoms with Crippen LogP contribution in [-0.4, -0.2) is 61.7 Å². The molecule has 3 nitrogen and oxygen atoms in total. The molecule has 0 radical (unpaired) electrons. The Hall–Kier alpha value is -0.120. The number of piperazine rings is 1. The molecule has 6 rings (SSSR count). The van der Waals surface area contributed by atoms with Crippen LogP contribution in [0.25, 0.3) is 0 Å². The lowest BCUT2D eigenvalue weighted by Crippen LogP contribution is -2.65. The average molecular weight is 289 g/mol. The highest BCUT2D eigenvalue weighted by Crippen LogP contribution is 2.60. The largest absolute Gasteiger partial charge is 0.314 e. The number of hydrogen-bond acceptors (Lipinski definition) is 3. The summed E-state index contributed by atoms with van der Waals surface area (Å²) < 4.78 is 0. The van der Waals surface area contributed by atoms with E-state index in [1.54, 1.807) is 38.5 Å². The van der Waals surface area contributed by atoms with E-state index in [-0.39, 0.29) is 0 Å². The van der Waals surface area contributed by atoms with Crippen LogP contribution in [0.2, 0.25) is 0 Å². The molecule has 1 N–H and O–H groups in total. The fourth-order valence-corrected chi connectivity index (χ4v) is 6.91. The van der Waals surface area contributed by atoms with Crippen molar-refractivity contribution in [2.24, 2.45) is 23.2 Å². The lowest BCUT2D eigenvalue weighted by Gasteiger charge is -2.59. The van der Waals surface area contributed by atoms with Gasteiger partial charge in [0, 0.05) is 51.9 Å². The average Bonchev–Trinajstić information content (AvgIpc) is 2.42. The van der Waals surface area contributed by atoms with Crippen LogP contribution >= 0.6 is 0 Å². The van der Waals surface area contributed by atoms with Gasteiger partial charge in [0.1, 0.15) is 0 Å². The van der Waals surface area contributed by atoms with Crippen LogP contribution in [0.5, 0.6) is 0 Å². The van der Waals surface area contributed by atoms with Gasteiger partial charge in [0.25, 0.3) is 0 Å². The molecule has 0 unspecified atom stereocenters. The Morgan fingerprint density at radius 2 is 1.43 bits per heavy atom. The summed E-state index contributed by atoms with van der Waals surface area (Å²) in [6.45, 7) is 9.12. The lowest BCUT2D eigenvalue weighted by molar-refractivity contribution is -0.0896. The third-order valence-electron chi connectivity index (χ3n) is 7.33. The molecule has 6 fully saturated rings. The van der Waals surface area contributed by atoms with E-state index in [1.165, 1.54) is 45.8 Å². The normalized spacial score (nSPS) is 47.7. The molecule has 0 spiro atoms. The van der Waals surface area contributed by atoms with Crippen molar-refractivity contribution in [2.45, 2.75) is 44.6 Å². The van der Waals surface area contributed by atoms with Gasteiger partial charge in [-0.25, -0.2) is 0 Å². The van der Waals surface area contributed by atoms with Crippen LogP contribution in [-0.2, 0) is 0 Å². The molecule has 6 aliphatic rings. The molecule has 0 aromatic carbocycles. The summed E-state index contributed by atoms with van der Waals surface area (Å²) in [5.41, 5.74) is 0.753. The summed E-state index contributed by atoms with van der Waals surface area (Å²) in [4.78, 5) is 5.53. The molecule has 2 saturated heterocycles. The van der Waals surface area contributed by atoms with Gasteiger partial charge in [0.2, 0.25) is 0 Å². The zero-order valence-corrected chi connectivity index (χ0v) is 13.4. The Labute approximate surface area is 129 Å². The minimum atomic E-state index is 0.753. The highest BCUT2D eigenvalue weighted by Gasteiger charge is 2.52. The summed E-state index contributed by atoms with van der Waals surface area (Å²) in [5, 5.41) is 3.48. The molecule has 0 aromatic rings. The first kappa shape index (κ1) is 13.3. The second-order valence-electron chi connectivity index (χ2n) is 9.05. The lowest BCUT2D eigenvalue weighted by atomic mass is 9.49. The van der Waals surface area contributed by atoms with Crippen LogP contribution in [0.1, 0.15) is 38.5 Å². The van der Waals surface area contributed by atoms with Crippen LogP contribution in [0, 0.1) is 23.2 Å². The maximum Gasteiger partial charge on any atom is 0.0351 e. The first-order valence-electron chi connectivity index (χ1n) is 9.45. The van der Waals surface area contributed by atoms with Crippen LogP contribution in [0.3, 0.4) is 0 Å². The molecule has 4 saturated carbocycles. The van der Waals surface area contributed by atoms with E-state index in [0.29, 0.717) is 0 Å². The van der Waals surface area contributed by atoms with Gasteiger partial charge in [-0.3, -0.25) is 9.80 Å². The summed E-state index contributed by atoms with van der Waals surface area (Å²) >= 11 is 0. The molecular weight excluding hydrogens is 258 g/mol. The molecule has 2 heterocycles. The Balaban J connectivity index is 1.18. The summed E-state index contributed by atoms with van der Waals surface area (Å²) in [5.74, 6) is 3.34. The van der Waals surface area contributed by atoms with Crippen molar-refractivity contribution in [1.29, 1.82) is 0 Å². The highest BCUT2D eigenvalue weighted by atomic mass is 15.3. The van der Waals surface area contributed by atoms with E-state index >= 15 is 0 Å². The monoisotopic (exact) mass is 289 g/mol. The third-order valence-corrected chi connectivity index (χ3v) is 7.33. The molecule has 4 aliphatic carbocycles. The standard InChI is InChI=1S/C18H31N3/c1-3-21(4-2-19-1)17-11-20(12-17)13-18-8-14-5-15(9-18)7-16(6-14)10-18/h14-17,19H,1-13H2. The van der Waals surface area contributed by atoms with E-state index in [4.69, 9.17) is 0 Å². The van der Waals surface area contributed by atoms with E-state index in [1.807, 2.05) is 0 Å². The predicted molar refractivity (Wildman–Crippen MR) is 85.3 cm³/mol. The molecular formula is C18H31N3. The zero-order valence-electron chi connectivity index (χ0n) is 13.4. The van der Waals surface area contributed by atoms with Gasteiger partial charge in [-0.15, -0.1) is 0 Å². The van der Waals surface area contributed by atoms with Gasteiger partial charge >= 0.3 is 0 Å². The fourth-order valence-electron chi connectivity index (χ4n) is 6.91. The third kappa shape index (κ3) is 2.36. The summed E-state index contributed by atoms with van der Waals surface area (Å²) in [6, 6.07) is 0.876. The van der Waals surface area contributed by atoms with E-state index < -0.39 is 0 Å². The maximum atomic E-state index is 3.48. The van der Waals surface area contributed by atoms with Gasteiger partial charge < -0.3 is 5.32 Å². The number of nitrogens with zero attached hydrogens (tertiary/aromatic N) is 2. The zero-order chi connectivity index (χ0) is 13.9. The minimum absolute atomic E-state index is 0.753. The van der Waals surface area contributed by atoms with Crippen molar-refractivity contribution < 1.29 is 0 Å². The molecule has 4 bridgehead atoms. The minimum Gasteiger partial charge on any atom is -0.314 e. The van der Waals surface area contributed by atoms with Gasteiger partial charge in [0.05, 0.1) is 0 Å². The molecule has 21 heavy (non-hydrogen) atoms. The van der Waals surface area contributed by atoms with Gasteiger partial charge in [-0.05, 0) is 61.7 Å². The van der Waals surface area contributed by atoms with Gasteiger partial charge in [-0.2, -0.15) is 0 Å². The quantitative estimate of drug-likeness (QED) is 0.854. The first-order valence-corrected chi connectivity index (χ1v) is 9.45. The second kappa shape index (κ2) is 4.94. The van der Waals surface area contributed by atoms with Crippen molar-refractivity contribution in [3.05, 3.63) is 0 Å². The number of rotatable bonds is 3. The van der Waals surface area contributed by atoms with Crippen LogP contribution < -0.4 is 5.32 Å². The summed E-state index contributed by atoms with van der Waals surface area (Å²) in [6.07, 6.45) is 9.49. The molecule has 118 valence electrons. The van der Waals surface area contributed by atoms with Crippen molar-refractivity contribution in [3.8, 4) is 0 Å². The topological polar surface area (TPSA) is 18.5 Å². The Kier molecular flexibility index (Phi) is 3.14.